The number of Topliss-reactive ketones (excluding diaryl/α,β-unsaturated/α-hetero) is 1. The number of hydrogen-bond donors (Lipinski definition) is 1. The molecule has 0 amide bonds. The SMILES string of the molecule is CCOc1cccc(C(Br)C(C)=O)c1CO. The Kier molecular flexibility index (Phi) is 4.96. The zero-order valence-electron chi connectivity index (χ0n) is 9.37. The molecule has 1 rings (SSSR count). The van der Waals surface area contributed by atoms with E-state index in [0.29, 0.717) is 17.9 Å². The van der Waals surface area contributed by atoms with Crippen molar-refractivity contribution in [3.8, 4) is 5.75 Å². The zero-order valence-corrected chi connectivity index (χ0v) is 11.0. The molecule has 1 N–H and O–H groups in total. The summed E-state index contributed by atoms with van der Waals surface area (Å²) in [6, 6.07) is 5.42. The van der Waals surface area contributed by atoms with Gasteiger partial charge in [0.25, 0.3) is 0 Å². The van der Waals surface area contributed by atoms with Crippen LogP contribution >= 0.6 is 15.9 Å². The highest BCUT2D eigenvalue weighted by Crippen LogP contribution is 2.32. The second-order valence-corrected chi connectivity index (χ2v) is 4.30. The first kappa shape index (κ1) is 13.2. The van der Waals surface area contributed by atoms with Crippen LogP contribution in [0.3, 0.4) is 0 Å². The molecule has 4 heteroatoms. The Labute approximate surface area is 104 Å². The van der Waals surface area contributed by atoms with Crippen LogP contribution in [0.2, 0.25) is 0 Å². The summed E-state index contributed by atoms with van der Waals surface area (Å²) in [5.74, 6) is 0.636. The van der Waals surface area contributed by atoms with Gasteiger partial charge < -0.3 is 9.84 Å². The van der Waals surface area contributed by atoms with Gasteiger partial charge in [0, 0.05) is 5.56 Å². The molecule has 1 atom stereocenters. The first-order chi connectivity index (χ1) is 7.61. The minimum absolute atomic E-state index is 0.00310. The molecule has 0 radical (unpaired) electrons. The fraction of sp³-hybridized carbons (Fsp3) is 0.417. The van der Waals surface area contributed by atoms with Crippen molar-refractivity contribution < 1.29 is 14.6 Å². The Hall–Kier alpha value is -0.870. The molecule has 0 saturated carbocycles. The predicted octanol–water partition coefficient (Wildman–Crippen LogP) is 2.60. The standard InChI is InChI=1S/C12H15BrO3/c1-3-16-11-6-4-5-9(10(11)7-14)12(13)8(2)15/h4-6,12,14H,3,7H2,1-2H3. The molecule has 0 heterocycles. The van der Waals surface area contributed by atoms with E-state index in [-0.39, 0.29) is 12.4 Å². The summed E-state index contributed by atoms with van der Waals surface area (Å²) in [5.41, 5.74) is 1.43. The summed E-state index contributed by atoms with van der Waals surface area (Å²) >= 11 is 3.31. The van der Waals surface area contributed by atoms with Crippen molar-refractivity contribution >= 4 is 21.7 Å². The summed E-state index contributed by atoms with van der Waals surface area (Å²) < 4.78 is 5.41. The number of halogens is 1. The summed E-state index contributed by atoms with van der Waals surface area (Å²) in [7, 11) is 0. The van der Waals surface area contributed by atoms with Gasteiger partial charge in [-0.15, -0.1) is 0 Å². The van der Waals surface area contributed by atoms with Crippen molar-refractivity contribution in [2.24, 2.45) is 0 Å². The van der Waals surface area contributed by atoms with Gasteiger partial charge in [0.2, 0.25) is 0 Å². The van der Waals surface area contributed by atoms with Gasteiger partial charge in [-0.25, -0.2) is 0 Å². The van der Waals surface area contributed by atoms with Crippen LogP contribution in [-0.4, -0.2) is 17.5 Å². The molecular weight excluding hydrogens is 272 g/mol. The largest absolute Gasteiger partial charge is 0.493 e. The first-order valence-corrected chi connectivity index (χ1v) is 6.03. The lowest BCUT2D eigenvalue weighted by atomic mass is 10.0. The lowest BCUT2D eigenvalue weighted by molar-refractivity contribution is -0.116. The van der Waals surface area contributed by atoms with E-state index in [1.54, 1.807) is 6.07 Å². The molecule has 0 saturated heterocycles. The monoisotopic (exact) mass is 286 g/mol. The van der Waals surface area contributed by atoms with Crippen molar-refractivity contribution in [3.05, 3.63) is 29.3 Å². The third kappa shape index (κ3) is 2.83. The number of ketones is 1. The highest BCUT2D eigenvalue weighted by atomic mass is 79.9. The van der Waals surface area contributed by atoms with Gasteiger partial charge >= 0.3 is 0 Å². The number of hydrogen-bond acceptors (Lipinski definition) is 3. The van der Waals surface area contributed by atoms with Gasteiger partial charge in [-0.05, 0) is 25.5 Å². The van der Waals surface area contributed by atoms with E-state index in [9.17, 15) is 9.90 Å². The fourth-order valence-corrected chi connectivity index (χ4v) is 1.93. The molecular formula is C12H15BrO3. The Bertz CT molecular complexity index is 377. The average Bonchev–Trinajstić information content (AvgIpc) is 2.28. The van der Waals surface area contributed by atoms with Crippen LogP contribution in [-0.2, 0) is 11.4 Å². The molecule has 1 aromatic carbocycles. The fourth-order valence-electron chi connectivity index (χ4n) is 1.50. The van der Waals surface area contributed by atoms with Crippen molar-refractivity contribution in [3.63, 3.8) is 0 Å². The number of carbonyl (C=O) groups excluding carboxylic acids is 1. The van der Waals surface area contributed by atoms with Gasteiger partial charge in [0.05, 0.1) is 18.0 Å². The number of rotatable bonds is 5. The third-order valence-corrected chi connectivity index (χ3v) is 3.40. The maximum Gasteiger partial charge on any atom is 0.147 e. The number of aliphatic hydroxyl groups is 1. The molecule has 16 heavy (non-hydrogen) atoms. The molecule has 0 aliphatic heterocycles. The van der Waals surface area contributed by atoms with E-state index in [4.69, 9.17) is 4.74 Å². The molecule has 0 aliphatic rings. The minimum Gasteiger partial charge on any atom is -0.493 e. The summed E-state index contributed by atoms with van der Waals surface area (Å²) in [6.45, 7) is 3.78. The van der Waals surface area contributed by atoms with E-state index in [2.05, 4.69) is 15.9 Å². The second-order valence-electron chi connectivity index (χ2n) is 3.39. The van der Waals surface area contributed by atoms with Gasteiger partial charge in [-0.3, -0.25) is 4.79 Å². The van der Waals surface area contributed by atoms with E-state index < -0.39 is 4.83 Å². The highest BCUT2D eigenvalue weighted by Gasteiger charge is 2.18. The van der Waals surface area contributed by atoms with E-state index in [0.717, 1.165) is 5.56 Å². The van der Waals surface area contributed by atoms with Gasteiger partial charge in [0.15, 0.2) is 0 Å². The zero-order chi connectivity index (χ0) is 12.1. The van der Waals surface area contributed by atoms with Crippen LogP contribution in [0.25, 0.3) is 0 Å². The normalized spacial score (nSPS) is 12.2. The van der Waals surface area contributed by atoms with E-state index in [1.807, 2.05) is 19.1 Å². The molecule has 88 valence electrons. The number of carbonyl (C=O) groups is 1. The minimum atomic E-state index is -0.393. The quantitative estimate of drug-likeness (QED) is 0.847. The number of alkyl halides is 1. The number of ether oxygens (including phenoxy) is 1. The van der Waals surface area contributed by atoms with E-state index >= 15 is 0 Å². The maximum absolute atomic E-state index is 11.3. The van der Waals surface area contributed by atoms with Crippen LogP contribution in [0.1, 0.15) is 29.8 Å². The molecule has 0 bridgehead atoms. The van der Waals surface area contributed by atoms with Gasteiger partial charge in [-0.2, -0.15) is 0 Å². The predicted molar refractivity (Wildman–Crippen MR) is 65.9 cm³/mol. The van der Waals surface area contributed by atoms with Crippen LogP contribution in [0.15, 0.2) is 18.2 Å². The van der Waals surface area contributed by atoms with Gasteiger partial charge in [0.1, 0.15) is 11.5 Å². The maximum atomic E-state index is 11.3. The summed E-state index contributed by atoms with van der Waals surface area (Å²) in [4.78, 5) is 10.9. The van der Waals surface area contributed by atoms with Crippen LogP contribution in [0.5, 0.6) is 5.75 Å². The lowest BCUT2D eigenvalue weighted by Gasteiger charge is -2.15. The lowest BCUT2D eigenvalue weighted by Crippen LogP contribution is -2.07. The summed E-state index contributed by atoms with van der Waals surface area (Å²) in [5, 5.41) is 9.34. The topological polar surface area (TPSA) is 46.5 Å². The van der Waals surface area contributed by atoms with Crippen LogP contribution in [0, 0.1) is 0 Å². The van der Waals surface area contributed by atoms with Crippen LogP contribution in [0.4, 0.5) is 0 Å². The Morgan fingerprint density at radius 2 is 2.25 bits per heavy atom. The number of benzene rings is 1. The summed E-state index contributed by atoms with van der Waals surface area (Å²) in [6.07, 6.45) is 0. The molecule has 3 nitrogen and oxygen atoms in total. The molecule has 0 fully saturated rings. The molecule has 0 spiro atoms. The van der Waals surface area contributed by atoms with Crippen LogP contribution < -0.4 is 4.74 Å². The van der Waals surface area contributed by atoms with Crippen molar-refractivity contribution in [1.29, 1.82) is 0 Å². The molecule has 1 unspecified atom stereocenters. The van der Waals surface area contributed by atoms with Crippen molar-refractivity contribution in [2.75, 3.05) is 6.61 Å². The number of aliphatic hydroxyl groups excluding tert-OH is 1. The van der Waals surface area contributed by atoms with Gasteiger partial charge in [-0.1, -0.05) is 28.1 Å². The Morgan fingerprint density at radius 3 is 2.75 bits per heavy atom. The van der Waals surface area contributed by atoms with Crippen molar-refractivity contribution in [2.45, 2.75) is 25.3 Å². The smallest absolute Gasteiger partial charge is 0.147 e. The van der Waals surface area contributed by atoms with E-state index in [1.165, 1.54) is 6.92 Å². The highest BCUT2D eigenvalue weighted by molar-refractivity contribution is 9.09. The average molecular weight is 287 g/mol. The van der Waals surface area contributed by atoms with Crippen molar-refractivity contribution in [1.82, 2.24) is 0 Å². The molecule has 0 aromatic heterocycles. The molecule has 0 aliphatic carbocycles. The third-order valence-electron chi connectivity index (χ3n) is 2.26. The second kappa shape index (κ2) is 6.01. The Morgan fingerprint density at radius 1 is 1.56 bits per heavy atom. The first-order valence-electron chi connectivity index (χ1n) is 5.11. The Balaban J connectivity index is 3.17. The molecule has 1 aromatic rings.